The summed E-state index contributed by atoms with van der Waals surface area (Å²) in [5.41, 5.74) is 0. The second-order valence-corrected chi connectivity index (χ2v) is 6.34. The quantitative estimate of drug-likeness (QED) is 0.818. The molecule has 2 saturated heterocycles. The van der Waals surface area contributed by atoms with Gasteiger partial charge in [0.25, 0.3) is 0 Å². The van der Waals surface area contributed by atoms with Crippen molar-refractivity contribution in [3.63, 3.8) is 0 Å². The number of carbonyl (C=O) groups excluding carboxylic acids is 3. The SMILES string of the molecule is CC(=O)NC1CCN(C(=O)C2CC(=O)N(C(C)C)C2)CC1. The Hall–Kier alpha value is -1.59. The number of amides is 3. The lowest BCUT2D eigenvalue weighted by Gasteiger charge is -2.33. The Labute approximate surface area is 125 Å². The molecule has 1 N–H and O–H groups in total. The Morgan fingerprint density at radius 1 is 1.24 bits per heavy atom. The van der Waals surface area contributed by atoms with E-state index in [-0.39, 0.29) is 35.7 Å². The van der Waals surface area contributed by atoms with Gasteiger partial charge < -0.3 is 15.1 Å². The summed E-state index contributed by atoms with van der Waals surface area (Å²) in [5, 5.41) is 2.90. The van der Waals surface area contributed by atoms with Crippen molar-refractivity contribution >= 4 is 17.7 Å². The second-order valence-electron chi connectivity index (χ2n) is 6.34. The highest BCUT2D eigenvalue weighted by molar-refractivity contribution is 5.89. The fourth-order valence-corrected chi connectivity index (χ4v) is 3.19. The molecule has 3 amide bonds. The summed E-state index contributed by atoms with van der Waals surface area (Å²) in [4.78, 5) is 39.1. The molecule has 21 heavy (non-hydrogen) atoms. The summed E-state index contributed by atoms with van der Waals surface area (Å²) in [5.74, 6) is -0.0461. The number of likely N-dealkylation sites (tertiary alicyclic amines) is 2. The summed E-state index contributed by atoms with van der Waals surface area (Å²) < 4.78 is 0. The third kappa shape index (κ3) is 3.74. The number of rotatable bonds is 3. The van der Waals surface area contributed by atoms with Crippen molar-refractivity contribution in [2.75, 3.05) is 19.6 Å². The van der Waals surface area contributed by atoms with E-state index in [1.807, 2.05) is 18.7 Å². The molecule has 0 aromatic rings. The maximum absolute atomic E-state index is 12.5. The van der Waals surface area contributed by atoms with Gasteiger partial charge in [0.05, 0.1) is 5.92 Å². The molecule has 2 aliphatic rings. The summed E-state index contributed by atoms with van der Waals surface area (Å²) >= 11 is 0. The molecule has 0 spiro atoms. The van der Waals surface area contributed by atoms with E-state index in [0.717, 1.165) is 12.8 Å². The van der Waals surface area contributed by atoms with Crippen LogP contribution in [0.1, 0.15) is 40.0 Å². The number of nitrogens with one attached hydrogen (secondary N) is 1. The van der Waals surface area contributed by atoms with Crippen LogP contribution in [0.5, 0.6) is 0 Å². The zero-order valence-corrected chi connectivity index (χ0v) is 13.1. The second kappa shape index (κ2) is 6.45. The number of nitrogens with zero attached hydrogens (tertiary/aromatic N) is 2. The van der Waals surface area contributed by atoms with Crippen molar-refractivity contribution in [3.05, 3.63) is 0 Å². The van der Waals surface area contributed by atoms with E-state index in [2.05, 4.69) is 5.32 Å². The molecule has 6 nitrogen and oxygen atoms in total. The van der Waals surface area contributed by atoms with Gasteiger partial charge in [-0.1, -0.05) is 0 Å². The van der Waals surface area contributed by atoms with Gasteiger partial charge in [-0.25, -0.2) is 0 Å². The average Bonchev–Trinajstić information content (AvgIpc) is 2.80. The molecule has 2 rings (SSSR count). The first-order chi connectivity index (χ1) is 9.88. The lowest BCUT2D eigenvalue weighted by Crippen LogP contribution is -2.48. The van der Waals surface area contributed by atoms with E-state index < -0.39 is 0 Å². The maximum atomic E-state index is 12.5. The Morgan fingerprint density at radius 2 is 1.86 bits per heavy atom. The Morgan fingerprint density at radius 3 is 2.33 bits per heavy atom. The summed E-state index contributed by atoms with van der Waals surface area (Å²) in [6.45, 7) is 7.34. The predicted octanol–water partition coefficient (Wildman–Crippen LogP) is 0.370. The zero-order valence-electron chi connectivity index (χ0n) is 13.1. The van der Waals surface area contributed by atoms with Gasteiger partial charge in [0, 0.05) is 45.1 Å². The first-order valence-corrected chi connectivity index (χ1v) is 7.74. The van der Waals surface area contributed by atoms with Gasteiger partial charge >= 0.3 is 0 Å². The van der Waals surface area contributed by atoms with Crippen LogP contribution >= 0.6 is 0 Å². The van der Waals surface area contributed by atoms with Crippen LogP contribution in [0.2, 0.25) is 0 Å². The van der Waals surface area contributed by atoms with Crippen LogP contribution < -0.4 is 5.32 Å². The topological polar surface area (TPSA) is 69.7 Å². The normalized spacial score (nSPS) is 23.8. The first-order valence-electron chi connectivity index (χ1n) is 7.74. The highest BCUT2D eigenvalue weighted by atomic mass is 16.2. The largest absolute Gasteiger partial charge is 0.353 e. The van der Waals surface area contributed by atoms with Gasteiger partial charge in [-0.15, -0.1) is 0 Å². The molecule has 0 saturated carbocycles. The van der Waals surface area contributed by atoms with E-state index in [4.69, 9.17) is 0 Å². The summed E-state index contributed by atoms with van der Waals surface area (Å²) in [6.07, 6.45) is 1.92. The minimum atomic E-state index is -0.197. The number of piperidine rings is 1. The smallest absolute Gasteiger partial charge is 0.227 e. The third-order valence-corrected chi connectivity index (χ3v) is 4.35. The fourth-order valence-electron chi connectivity index (χ4n) is 3.19. The molecule has 1 atom stereocenters. The minimum absolute atomic E-state index is 0.0197. The van der Waals surface area contributed by atoms with Crippen LogP contribution in [0.25, 0.3) is 0 Å². The Bertz CT molecular complexity index is 428. The molecule has 0 radical (unpaired) electrons. The van der Waals surface area contributed by atoms with Gasteiger partial charge in [-0.3, -0.25) is 14.4 Å². The van der Waals surface area contributed by atoms with E-state index >= 15 is 0 Å². The first kappa shape index (κ1) is 15.8. The third-order valence-electron chi connectivity index (χ3n) is 4.35. The molecule has 2 aliphatic heterocycles. The van der Waals surface area contributed by atoms with Gasteiger partial charge in [0.1, 0.15) is 0 Å². The highest BCUT2D eigenvalue weighted by Gasteiger charge is 2.38. The molecule has 0 aliphatic carbocycles. The fraction of sp³-hybridized carbons (Fsp3) is 0.800. The standard InChI is InChI=1S/C15H25N3O3/c1-10(2)18-9-12(8-14(18)20)15(21)17-6-4-13(5-7-17)16-11(3)19/h10,12-13H,4-9H2,1-3H3,(H,16,19). The van der Waals surface area contributed by atoms with Crippen LogP contribution in [0.3, 0.4) is 0 Å². The van der Waals surface area contributed by atoms with Crippen LogP contribution in [0.4, 0.5) is 0 Å². The van der Waals surface area contributed by atoms with Crippen molar-refractivity contribution in [1.82, 2.24) is 15.1 Å². The molecule has 2 fully saturated rings. The van der Waals surface area contributed by atoms with Gasteiger partial charge in [0.15, 0.2) is 0 Å². The Balaban J connectivity index is 1.85. The predicted molar refractivity (Wildman–Crippen MR) is 78.4 cm³/mol. The molecule has 0 aromatic heterocycles. The summed E-state index contributed by atoms with van der Waals surface area (Å²) in [6, 6.07) is 0.324. The van der Waals surface area contributed by atoms with Crippen molar-refractivity contribution in [1.29, 1.82) is 0 Å². The lowest BCUT2D eigenvalue weighted by molar-refractivity contribution is -0.137. The van der Waals surface area contributed by atoms with E-state index in [1.54, 1.807) is 4.90 Å². The monoisotopic (exact) mass is 295 g/mol. The molecule has 118 valence electrons. The average molecular weight is 295 g/mol. The van der Waals surface area contributed by atoms with Crippen LogP contribution in [-0.2, 0) is 14.4 Å². The van der Waals surface area contributed by atoms with Crippen molar-refractivity contribution in [3.8, 4) is 0 Å². The molecular weight excluding hydrogens is 270 g/mol. The molecule has 0 aromatic carbocycles. The van der Waals surface area contributed by atoms with E-state index in [0.29, 0.717) is 26.1 Å². The number of carbonyl (C=O) groups is 3. The molecule has 1 unspecified atom stereocenters. The Kier molecular flexibility index (Phi) is 4.85. The molecular formula is C15H25N3O3. The van der Waals surface area contributed by atoms with Crippen LogP contribution in [0.15, 0.2) is 0 Å². The highest BCUT2D eigenvalue weighted by Crippen LogP contribution is 2.23. The molecule has 0 bridgehead atoms. The van der Waals surface area contributed by atoms with E-state index in [9.17, 15) is 14.4 Å². The minimum Gasteiger partial charge on any atom is -0.353 e. The van der Waals surface area contributed by atoms with Crippen molar-refractivity contribution in [2.45, 2.75) is 52.1 Å². The lowest BCUT2D eigenvalue weighted by atomic mass is 10.0. The van der Waals surface area contributed by atoms with Crippen LogP contribution in [0, 0.1) is 5.92 Å². The maximum Gasteiger partial charge on any atom is 0.227 e. The van der Waals surface area contributed by atoms with Gasteiger partial charge in [-0.2, -0.15) is 0 Å². The van der Waals surface area contributed by atoms with Gasteiger partial charge in [-0.05, 0) is 26.7 Å². The summed E-state index contributed by atoms with van der Waals surface area (Å²) in [7, 11) is 0. The zero-order chi connectivity index (χ0) is 15.6. The number of hydrogen-bond acceptors (Lipinski definition) is 3. The molecule has 2 heterocycles. The van der Waals surface area contributed by atoms with Crippen molar-refractivity contribution in [2.24, 2.45) is 5.92 Å². The van der Waals surface area contributed by atoms with E-state index in [1.165, 1.54) is 6.92 Å². The van der Waals surface area contributed by atoms with Crippen LogP contribution in [-0.4, -0.2) is 59.2 Å². The van der Waals surface area contributed by atoms with Gasteiger partial charge in [0.2, 0.25) is 17.7 Å². The number of hydrogen-bond donors (Lipinski definition) is 1. The molecule has 6 heteroatoms. The van der Waals surface area contributed by atoms with Crippen molar-refractivity contribution < 1.29 is 14.4 Å².